The minimum Gasteiger partial charge on any atom is -0.506 e. The van der Waals surface area contributed by atoms with Crippen LogP contribution in [0.5, 0.6) is 5.75 Å². The van der Waals surface area contributed by atoms with Crippen molar-refractivity contribution in [2.45, 2.75) is 76.9 Å². The summed E-state index contributed by atoms with van der Waals surface area (Å²) in [5.74, 6) is -0.00608. The number of nitrogens with zero attached hydrogens (tertiary/aromatic N) is 1. The zero-order valence-electron chi connectivity index (χ0n) is 28.6. The van der Waals surface area contributed by atoms with Gasteiger partial charge in [-0.1, -0.05) is 86.7 Å². The van der Waals surface area contributed by atoms with Crippen LogP contribution in [0.2, 0.25) is 0 Å². The molecule has 0 aliphatic heterocycles. The number of pyridine rings is 1. The monoisotopic (exact) mass is 656 g/mol. The molecule has 0 unspecified atom stereocenters. The molecular weight excluding hydrogens is 604 g/mol. The van der Waals surface area contributed by atoms with Gasteiger partial charge in [-0.3, -0.25) is 10.1 Å². The summed E-state index contributed by atoms with van der Waals surface area (Å²) < 4.78 is 5.83. The molecule has 0 radical (unpaired) electrons. The molecule has 9 heteroatoms. The summed E-state index contributed by atoms with van der Waals surface area (Å²) >= 11 is 0. The van der Waals surface area contributed by atoms with Crippen molar-refractivity contribution < 1.29 is 19.7 Å². The number of ether oxygens (including phenoxy) is 1. The number of hydrogen-bond donors (Lipinski definition) is 5. The third-order valence-electron chi connectivity index (χ3n) is 8.71. The molecule has 0 spiro atoms. The lowest BCUT2D eigenvalue weighted by Crippen LogP contribution is -2.35. The van der Waals surface area contributed by atoms with Crippen molar-refractivity contribution in [1.82, 2.24) is 15.2 Å². The summed E-state index contributed by atoms with van der Waals surface area (Å²) in [4.78, 5) is 29.4. The fourth-order valence-corrected chi connectivity index (χ4v) is 5.88. The Kier molecular flexibility index (Phi) is 14.0. The number of fused-ring (bicyclic) bond motifs is 1. The van der Waals surface area contributed by atoms with Crippen LogP contribution < -0.4 is 16.2 Å². The first-order valence-electron chi connectivity index (χ1n) is 17.2. The molecule has 9 nitrogen and oxygen atoms in total. The number of aliphatic hydroxyl groups excluding tert-OH is 1. The Morgan fingerprint density at radius 3 is 2.33 bits per heavy atom. The summed E-state index contributed by atoms with van der Waals surface area (Å²) in [6.45, 7) is 7.03. The number of carbonyl (C=O) groups excluding carboxylic acids is 1. The maximum atomic E-state index is 12.8. The number of aliphatic hydroxyl groups is 1. The minimum absolute atomic E-state index is 0.00608. The van der Waals surface area contributed by atoms with Crippen molar-refractivity contribution in [2.75, 3.05) is 38.5 Å². The zero-order chi connectivity index (χ0) is 34.4. The van der Waals surface area contributed by atoms with E-state index in [1.165, 1.54) is 37.8 Å². The number of nitrogens with one attached hydrogen (secondary N) is 3. The van der Waals surface area contributed by atoms with E-state index in [4.69, 9.17) is 4.74 Å². The fraction of sp³-hybridized carbons (Fsp3) is 0.436. The lowest BCUT2D eigenvalue weighted by molar-refractivity contribution is 0.0357. The van der Waals surface area contributed by atoms with Crippen LogP contribution in [-0.2, 0) is 4.74 Å². The molecule has 0 saturated carbocycles. The van der Waals surface area contributed by atoms with Crippen molar-refractivity contribution >= 4 is 22.7 Å². The standard InChI is InChI=1S/C39H52N4O5/c1-39(2,48-38(47)41-33-19-13-12-18-30(33)29-16-10-9-11-17-29)24-27-43(3)26-15-8-6-4-5-7-14-25-40-28-35(45)31-20-22-34(44)37-32(31)21-23-36(46)42-37/h9-13,16-23,35,40,44-45H,4-8,14-15,24-28H2,1-3H3,(H,41,47)(H,42,46)/t35-/m0/s1. The summed E-state index contributed by atoms with van der Waals surface area (Å²) in [6.07, 6.45) is 7.74. The minimum atomic E-state index is -0.733. The summed E-state index contributed by atoms with van der Waals surface area (Å²) in [5.41, 5.74) is 2.88. The van der Waals surface area contributed by atoms with Gasteiger partial charge in [-0.25, -0.2) is 4.79 Å². The Bertz CT molecular complexity index is 1640. The molecule has 1 amide bonds. The molecule has 5 N–H and O–H groups in total. The van der Waals surface area contributed by atoms with Gasteiger partial charge in [0, 0.05) is 30.1 Å². The molecule has 1 atom stereocenters. The Balaban J connectivity index is 1.02. The van der Waals surface area contributed by atoms with Crippen LogP contribution in [0.3, 0.4) is 0 Å². The molecule has 1 heterocycles. The summed E-state index contributed by atoms with van der Waals surface area (Å²) in [7, 11) is 2.13. The molecule has 0 bridgehead atoms. The van der Waals surface area contributed by atoms with E-state index >= 15 is 0 Å². The van der Waals surface area contributed by atoms with Gasteiger partial charge in [-0.2, -0.15) is 0 Å². The van der Waals surface area contributed by atoms with Crippen LogP contribution in [0.15, 0.2) is 83.7 Å². The largest absolute Gasteiger partial charge is 0.506 e. The predicted molar refractivity (Wildman–Crippen MR) is 195 cm³/mol. The van der Waals surface area contributed by atoms with E-state index in [1.54, 1.807) is 12.1 Å². The topological polar surface area (TPSA) is 127 Å². The van der Waals surface area contributed by atoms with Crippen molar-refractivity contribution in [3.63, 3.8) is 0 Å². The number of rotatable bonds is 19. The first-order chi connectivity index (χ1) is 23.1. The van der Waals surface area contributed by atoms with Crippen molar-refractivity contribution in [2.24, 2.45) is 0 Å². The van der Waals surface area contributed by atoms with Crippen LogP contribution >= 0.6 is 0 Å². The second-order valence-electron chi connectivity index (χ2n) is 13.2. The molecule has 0 aliphatic carbocycles. The van der Waals surface area contributed by atoms with Gasteiger partial charge in [0.05, 0.1) is 17.3 Å². The lowest BCUT2D eigenvalue weighted by atomic mass is 10.0. The van der Waals surface area contributed by atoms with Crippen molar-refractivity contribution in [1.29, 1.82) is 0 Å². The second kappa shape index (κ2) is 18.4. The van der Waals surface area contributed by atoms with E-state index in [-0.39, 0.29) is 11.3 Å². The fourth-order valence-electron chi connectivity index (χ4n) is 5.88. The third-order valence-corrected chi connectivity index (χ3v) is 8.71. The highest BCUT2D eigenvalue weighted by atomic mass is 16.6. The highest BCUT2D eigenvalue weighted by Crippen LogP contribution is 2.29. The number of para-hydroxylation sites is 1. The van der Waals surface area contributed by atoms with Crippen LogP contribution in [0.1, 0.15) is 76.9 Å². The Morgan fingerprint density at radius 2 is 1.56 bits per heavy atom. The van der Waals surface area contributed by atoms with E-state index in [9.17, 15) is 19.8 Å². The quantitative estimate of drug-likeness (QED) is 0.0658. The van der Waals surface area contributed by atoms with Crippen molar-refractivity contribution in [3.8, 4) is 16.9 Å². The van der Waals surface area contributed by atoms with Gasteiger partial charge in [-0.05, 0) is 82.6 Å². The van der Waals surface area contributed by atoms with Gasteiger partial charge in [0.1, 0.15) is 11.4 Å². The molecule has 4 aromatic rings. The first-order valence-corrected chi connectivity index (χ1v) is 17.2. The SMILES string of the molecule is CN(CCCCCCCCCNC[C@H](O)c1ccc(O)c2[nH]c(=O)ccc12)CCC(C)(C)OC(=O)Nc1ccccc1-c1ccccc1. The van der Waals surface area contributed by atoms with Crippen molar-refractivity contribution in [3.05, 3.63) is 94.8 Å². The smallest absolute Gasteiger partial charge is 0.412 e. The number of carbonyl (C=O) groups is 1. The van der Waals surface area contributed by atoms with Gasteiger partial charge in [0.25, 0.3) is 0 Å². The van der Waals surface area contributed by atoms with E-state index in [2.05, 4.69) is 27.6 Å². The Labute approximate surface area is 284 Å². The van der Waals surface area contributed by atoms with Gasteiger partial charge in [-0.15, -0.1) is 0 Å². The molecule has 0 fully saturated rings. The number of aromatic hydroxyl groups is 1. The molecule has 48 heavy (non-hydrogen) atoms. The molecule has 0 saturated heterocycles. The molecule has 4 rings (SSSR count). The van der Waals surface area contributed by atoms with Crippen LogP contribution in [0.4, 0.5) is 10.5 Å². The maximum Gasteiger partial charge on any atom is 0.412 e. The predicted octanol–water partition coefficient (Wildman–Crippen LogP) is 7.60. The van der Waals surface area contributed by atoms with Crippen LogP contribution in [-0.4, -0.2) is 65.0 Å². The third kappa shape index (κ3) is 11.5. The molecule has 1 aromatic heterocycles. The number of H-pyrrole nitrogens is 1. The molecule has 3 aromatic carbocycles. The van der Waals surface area contributed by atoms with Gasteiger partial charge < -0.3 is 30.2 Å². The number of amides is 1. The number of phenolic OH excluding ortho intramolecular Hbond substituents is 1. The Morgan fingerprint density at radius 1 is 0.875 bits per heavy atom. The molecular formula is C39H52N4O5. The number of aromatic amines is 1. The molecule has 0 aliphatic rings. The van der Waals surface area contributed by atoms with E-state index in [0.717, 1.165) is 62.1 Å². The number of anilines is 1. The lowest BCUT2D eigenvalue weighted by Gasteiger charge is -2.28. The average Bonchev–Trinajstić information content (AvgIpc) is 3.07. The molecule has 258 valence electrons. The average molecular weight is 657 g/mol. The number of unbranched alkanes of at least 4 members (excludes halogenated alkanes) is 6. The number of phenols is 1. The van der Waals surface area contributed by atoms with E-state index < -0.39 is 17.8 Å². The van der Waals surface area contributed by atoms with E-state index in [1.807, 2.05) is 68.4 Å². The summed E-state index contributed by atoms with van der Waals surface area (Å²) in [6, 6.07) is 24.0. The van der Waals surface area contributed by atoms with Crippen LogP contribution in [0, 0.1) is 0 Å². The zero-order valence-corrected chi connectivity index (χ0v) is 28.6. The van der Waals surface area contributed by atoms with Gasteiger partial charge in [0.15, 0.2) is 0 Å². The van der Waals surface area contributed by atoms with Crippen LogP contribution in [0.25, 0.3) is 22.0 Å². The van der Waals surface area contributed by atoms with Gasteiger partial charge >= 0.3 is 6.09 Å². The van der Waals surface area contributed by atoms with Gasteiger partial charge in [0.2, 0.25) is 5.56 Å². The first kappa shape index (κ1) is 36.7. The highest BCUT2D eigenvalue weighted by Gasteiger charge is 2.24. The number of aromatic nitrogens is 1. The second-order valence-corrected chi connectivity index (χ2v) is 13.2. The highest BCUT2D eigenvalue weighted by molar-refractivity contribution is 5.91. The summed E-state index contributed by atoms with van der Waals surface area (Å²) in [5, 5.41) is 27.6. The Hall–Kier alpha value is -4.18. The van der Waals surface area contributed by atoms with E-state index in [0.29, 0.717) is 23.0 Å². The normalized spacial score (nSPS) is 12.4. The number of benzene rings is 3. The number of hydrogen-bond acceptors (Lipinski definition) is 7. The maximum absolute atomic E-state index is 12.8.